The molecule has 1 aromatic carbocycles. The molecule has 1 aliphatic heterocycles. The molecule has 0 N–H and O–H groups in total. The summed E-state index contributed by atoms with van der Waals surface area (Å²) in [6.45, 7) is 6.01. The van der Waals surface area contributed by atoms with Gasteiger partial charge in [0, 0.05) is 39.1 Å². The van der Waals surface area contributed by atoms with Gasteiger partial charge < -0.3 is 4.57 Å². The fourth-order valence-corrected chi connectivity index (χ4v) is 3.41. The summed E-state index contributed by atoms with van der Waals surface area (Å²) in [5.41, 5.74) is 1.15. The zero-order valence-electron chi connectivity index (χ0n) is 13.4. The van der Waals surface area contributed by atoms with Crippen molar-refractivity contribution in [1.29, 1.82) is 0 Å². The van der Waals surface area contributed by atoms with E-state index in [2.05, 4.69) is 35.3 Å². The Morgan fingerprint density at radius 1 is 1.13 bits per heavy atom. The molecule has 0 unspecified atom stereocenters. The van der Waals surface area contributed by atoms with Gasteiger partial charge >= 0.3 is 0 Å². The lowest BCUT2D eigenvalue weighted by Crippen LogP contribution is -2.31. The van der Waals surface area contributed by atoms with Crippen molar-refractivity contribution in [3.05, 3.63) is 52.3 Å². The lowest BCUT2D eigenvalue weighted by atomic mass is 10.2. The summed E-state index contributed by atoms with van der Waals surface area (Å²) in [4.78, 5) is 9.32. The van der Waals surface area contributed by atoms with Crippen LogP contribution in [0.2, 0.25) is 0 Å². The number of imidazole rings is 1. The number of aryl methyl sites for hydroxylation is 1. The maximum atomic E-state index is 13.3. The van der Waals surface area contributed by atoms with Crippen LogP contribution < -0.4 is 0 Å². The van der Waals surface area contributed by atoms with Crippen LogP contribution in [0.4, 0.5) is 4.39 Å². The number of hydrogen-bond donors (Lipinski definition) is 0. The van der Waals surface area contributed by atoms with Crippen LogP contribution in [0, 0.1) is 5.82 Å². The van der Waals surface area contributed by atoms with Gasteiger partial charge in [-0.2, -0.15) is 0 Å². The summed E-state index contributed by atoms with van der Waals surface area (Å²) in [5.74, 6) is 0.909. The standard InChI is InChI=1S/C17H22BrFN4/c1-21-8-5-20-17(21)13-23-7-2-6-22(9-10-23)12-14-3-4-16(19)15(18)11-14/h3-5,8,11H,2,6-7,9-10,12-13H2,1H3. The topological polar surface area (TPSA) is 24.3 Å². The molecule has 2 heterocycles. The summed E-state index contributed by atoms with van der Waals surface area (Å²) >= 11 is 3.26. The van der Waals surface area contributed by atoms with Crippen molar-refractivity contribution in [3.8, 4) is 0 Å². The molecular weight excluding hydrogens is 359 g/mol. The summed E-state index contributed by atoms with van der Waals surface area (Å²) in [5, 5.41) is 0. The molecule has 0 radical (unpaired) electrons. The second-order valence-corrected chi connectivity index (χ2v) is 6.96. The van der Waals surface area contributed by atoms with E-state index in [1.807, 2.05) is 31.6 Å². The Morgan fingerprint density at radius 2 is 1.87 bits per heavy atom. The van der Waals surface area contributed by atoms with Crippen LogP contribution in [0.3, 0.4) is 0 Å². The first-order chi connectivity index (χ1) is 11.1. The first kappa shape index (κ1) is 16.6. The first-order valence-corrected chi connectivity index (χ1v) is 8.76. The number of aromatic nitrogens is 2. The number of benzene rings is 1. The Labute approximate surface area is 145 Å². The second kappa shape index (κ2) is 7.55. The van der Waals surface area contributed by atoms with E-state index in [1.54, 1.807) is 0 Å². The van der Waals surface area contributed by atoms with Crippen molar-refractivity contribution in [2.75, 3.05) is 26.2 Å². The zero-order valence-corrected chi connectivity index (χ0v) is 15.0. The highest BCUT2D eigenvalue weighted by Gasteiger charge is 2.16. The summed E-state index contributed by atoms with van der Waals surface area (Å²) in [6.07, 6.45) is 4.99. The summed E-state index contributed by atoms with van der Waals surface area (Å²) in [7, 11) is 2.04. The fraction of sp³-hybridized carbons (Fsp3) is 0.471. The largest absolute Gasteiger partial charge is 0.337 e. The molecule has 4 nitrogen and oxygen atoms in total. The molecule has 3 rings (SSSR count). The molecule has 0 atom stereocenters. The third-order valence-corrected chi connectivity index (χ3v) is 4.97. The Balaban J connectivity index is 1.55. The average Bonchev–Trinajstić information content (AvgIpc) is 2.79. The third-order valence-electron chi connectivity index (χ3n) is 4.36. The van der Waals surface area contributed by atoms with E-state index in [-0.39, 0.29) is 5.82 Å². The van der Waals surface area contributed by atoms with Crippen LogP contribution in [-0.4, -0.2) is 45.5 Å². The number of halogens is 2. The molecule has 1 saturated heterocycles. The van der Waals surface area contributed by atoms with Crippen LogP contribution >= 0.6 is 15.9 Å². The molecule has 6 heteroatoms. The van der Waals surface area contributed by atoms with Crippen molar-refractivity contribution in [2.24, 2.45) is 7.05 Å². The van der Waals surface area contributed by atoms with Gasteiger partial charge in [-0.15, -0.1) is 0 Å². The van der Waals surface area contributed by atoms with Gasteiger partial charge in [0.05, 0.1) is 11.0 Å². The number of rotatable bonds is 4. The molecular formula is C17H22BrFN4. The van der Waals surface area contributed by atoms with Gasteiger partial charge in [0.1, 0.15) is 11.6 Å². The number of nitrogens with zero attached hydrogens (tertiary/aromatic N) is 4. The van der Waals surface area contributed by atoms with Gasteiger partial charge in [0.25, 0.3) is 0 Å². The van der Waals surface area contributed by atoms with Crippen molar-refractivity contribution in [3.63, 3.8) is 0 Å². The molecule has 1 aliphatic rings. The minimum atomic E-state index is -0.203. The monoisotopic (exact) mass is 380 g/mol. The highest BCUT2D eigenvalue weighted by molar-refractivity contribution is 9.10. The quantitative estimate of drug-likeness (QED) is 0.814. The predicted octanol–water partition coefficient (Wildman–Crippen LogP) is 3.03. The van der Waals surface area contributed by atoms with Gasteiger partial charge in [-0.25, -0.2) is 9.37 Å². The molecule has 0 aliphatic carbocycles. The molecule has 23 heavy (non-hydrogen) atoms. The van der Waals surface area contributed by atoms with E-state index in [0.717, 1.165) is 57.1 Å². The smallest absolute Gasteiger partial charge is 0.137 e. The first-order valence-electron chi connectivity index (χ1n) is 7.96. The molecule has 124 valence electrons. The molecule has 0 spiro atoms. The maximum Gasteiger partial charge on any atom is 0.137 e. The van der Waals surface area contributed by atoms with Crippen molar-refractivity contribution in [2.45, 2.75) is 19.5 Å². The molecule has 0 bridgehead atoms. The van der Waals surface area contributed by atoms with Crippen LogP contribution in [0.5, 0.6) is 0 Å². The minimum Gasteiger partial charge on any atom is -0.337 e. The van der Waals surface area contributed by atoms with Crippen LogP contribution in [0.1, 0.15) is 17.8 Å². The van der Waals surface area contributed by atoms with Gasteiger partial charge in [-0.3, -0.25) is 9.80 Å². The van der Waals surface area contributed by atoms with E-state index >= 15 is 0 Å². The van der Waals surface area contributed by atoms with Crippen LogP contribution in [0.25, 0.3) is 0 Å². The molecule has 0 amide bonds. The second-order valence-electron chi connectivity index (χ2n) is 6.11. The lowest BCUT2D eigenvalue weighted by molar-refractivity contribution is 0.242. The Hall–Kier alpha value is -1.24. The molecule has 1 fully saturated rings. The third kappa shape index (κ3) is 4.40. The normalized spacial score (nSPS) is 17.3. The van der Waals surface area contributed by atoms with E-state index in [0.29, 0.717) is 4.47 Å². The summed E-state index contributed by atoms with van der Waals surface area (Å²) in [6, 6.07) is 5.28. The molecule has 0 saturated carbocycles. The van der Waals surface area contributed by atoms with Crippen molar-refractivity contribution in [1.82, 2.24) is 19.4 Å². The Kier molecular flexibility index (Phi) is 5.46. The highest BCUT2D eigenvalue weighted by Crippen LogP contribution is 2.18. The van der Waals surface area contributed by atoms with Crippen LogP contribution in [-0.2, 0) is 20.1 Å². The molecule has 1 aromatic heterocycles. The van der Waals surface area contributed by atoms with Gasteiger partial charge in [0.15, 0.2) is 0 Å². The summed E-state index contributed by atoms with van der Waals surface area (Å²) < 4.78 is 16.0. The Bertz CT molecular complexity index is 658. The van der Waals surface area contributed by atoms with Gasteiger partial charge in [0.2, 0.25) is 0 Å². The van der Waals surface area contributed by atoms with Gasteiger partial charge in [-0.05, 0) is 53.1 Å². The van der Waals surface area contributed by atoms with Crippen LogP contribution in [0.15, 0.2) is 35.1 Å². The average molecular weight is 381 g/mol. The van der Waals surface area contributed by atoms with E-state index in [9.17, 15) is 4.39 Å². The zero-order chi connectivity index (χ0) is 16.2. The number of hydrogen-bond acceptors (Lipinski definition) is 3. The van der Waals surface area contributed by atoms with Crippen molar-refractivity contribution < 1.29 is 4.39 Å². The van der Waals surface area contributed by atoms with Gasteiger partial charge in [-0.1, -0.05) is 6.07 Å². The minimum absolute atomic E-state index is 0.203. The predicted molar refractivity (Wildman–Crippen MR) is 92.5 cm³/mol. The highest BCUT2D eigenvalue weighted by atomic mass is 79.9. The SMILES string of the molecule is Cn1ccnc1CN1CCCN(Cc2ccc(F)c(Br)c2)CC1. The fourth-order valence-electron chi connectivity index (χ4n) is 2.99. The maximum absolute atomic E-state index is 13.3. The van der Waals surface area contributed by atoms with E-state index in [1.165, 1.54) is 6.07 Å². The molecule has 2 aromatic rings. The van der Waals surface area contributed by atoms with Crippen molar-refractivity contribution >= 4 is 15.9 Å². The van der Waals surface area contributed by atoms with E-state index < -0.39 is 0 Å². The van der Waals surface area contributed by atoms with E-state index in [4.69, 9.17) is 0 Å². The lowest BCUT2D eigenvalue weighted by Gasteiger charge is -2.21. The Morgan fingerprint density at radius 3 is 2.52 bits per heavy atom.